The monoisotopic (exact) mass is 361 g/mol. The summed E-state index contributed by atoms with van der Waals surface area (Å²) in [7, 11) is 0. The second-order valence-electron chi connectivity index (χ2n) is 6.84. The lowest BCUT2D eigenvalue weighted by molar-refractivity contribution is 0.0945. The molecule has 0 aliphatic carbocycles. The molecule has 0 spiro atoms. The molecule has 1 amide bonds. The zero-order valence-electron chi connectivity index (χ0n) is 16.1. The van der Waals surface area contributed by atoms with Gasteiger partial charge in [0.05, 0.1) is 11.4 Å². The minimum Gasteiger partial charge on any atom is -0.351 e. The molecule has 0 saturated heterocycles. The van der Waals surface area contributed by atoms with Gasteiger partial charge in [-0.05, 0) is 31.5 Å². The molecule has 3 rings (SSSR count). The zero-order valence-corrected chi connectivity index (χ0v) is 16.1. The van der Waals surface area contributed by atoms with E-state index >= 15 is 0 Å². The van der Waals surface area contributed by atoms with Gasteiger partial charge in [-0.2, -0.15) is 5.10 Å². The Bertz CT molecular complexity index is 866. The molecule has 0 aliphatic rings. The van der Waals surface area contributed by atoms with E-state index in [2.05, 4.69) is 12.2 Å². The van der Waals surface area contributed by atoms with Crippen molar-refractivity contribution < 1.29 is 4.79 Å². The minimum absolute atomic E-state index is 0.0817. The number of aryl methyl sites for hydroxylation is 1. The fourth-order valence-corrected chi connectivity index (χ4v) is 3.02. The highest BCUT2D eigenvalue weighted by atomic mass is 16.2. The normalized spacial score (nSPS) is 10.7. The number of unbranched alkanes of at least 4 members (excludes halogenated alkanes) is 3. The minimum atomic E-state index is -0.0817. The van der Waals surface area contributed by atoms with Crippen molar-refractivity contribution in [2.75, 3.05) is 6.54 Å². The Morgan fingerprint density at radius 2 is 1.74 bits per heavy atom. The number of benzene rings is 2. The van der Waals surface area contributed by atoms with E-state index in [9.17, 15) is 4.79 Å². The summed E-state index contributed by atoms with van der Waals surface area (Å²) < 4.78 is 1.74. The lowest BCUT2D eigenvalue weighted by Crippen LogP contribution is -2.26. The van der Waals surface area contributed by atoms with Gasteiger partial charge in [0.1, 0.15) is 5.69 Å². The van der Waals surface area contributed by atoms with Crippen LogP contribution < -0.4 is 5.32 Å². The highest BCUT2D eigenvalue weighted by Gasteiger charge is 2.17. The Labute approximate surface area is 161 Å². The van der Waals surface area contributed by atoms with Gasteiger partial charge in [-0.3, -0.25) is 4.79 Å². The largest absolute Gasteiger partial charge is 0.351 e. The van der Waals surface area contributed by atoms with Crippen LogP contribution in [-0.2, 0) is 0 Å². The lowest BCUT2D eigenvalue weighted by atomic mass is 10.1. The number of nitrogens with one attached hydrogen (secondary N) is 1. The molecule has 0 radical (unpaired) electrons. The predicted octanol–water partition coefficient (Wildman–Crippen LogP) is 5.16. The molecule has 4 nitrogen and oxygen atoms in total. The summed E-state index contributed by atoms with van der Waals surface area (Å²) in [6, 6.07) is 19.9. The highest BCUT2D eigenvalue weighted by molar-refractivity contribution is 5.94. The quantitative estimate of drug-likeness (QED) is 0.564. The Kier molecular flexibility index (Phi) is 6.42. The van der Waals surface area contributed by atoms with Gasteiger partial charge in [-0.25, -0.2) is 4.68 Å². The highest BCUT2D eigenvalue weighted by Crippen LogP contribution is 2.22. The molecule has 1 aromatic heterocycles. The van der Waals surface area contributed by atoms with Crippen LogP contribution in [0.3, 0.4) is 0 Å². The number of rotatable bonds is 8. The fraction of sp³-hybridized carbons (Fsp3) is 0.304. The van der Waals surface area contributed by atoms with E-state index in [1.165, 1.54) is 18.4 Å². The number of carbonyl (C=O) groups is 1. The van der Waals surface area contributed by atoms with Crippen LogP contribution in [0.15, 0.2) is 60.7 Å². The average Bonchev–Trinajstić information content (AvgIpc) is 3.14. The van der Waals surface area contributed by atoms with Gasteiger partial charge in [0.15, 0.2) is 0 Å². The fourth-order valence-electron chi connectivity index (χ4n) is 3.02. The Morgan fingerprint density at radius 3 is 2.44 bits per heavy atom. The maximum absolute atomic E-state index is 12.8. The Balaban J connectivity index is 1.87. The van der Waals surface area contributed by atoms with Crippen molar-refractivity contribution >= 4 is 5.91 Å². The van der Waals surface area contributed by atoms with E-state index in [1.807, 2.05) is 67.6 Å². The average molecular weight is 361 g/mol. The number of carbonyl (C=O) groups excluding carboxylic acids is 1. The number of hydrogen-bond donors (Lipinski definition) is 1. The maximum Gasteiger partial charge on any atom is 0.270 e. The van der Waals surface area contributed by atoms with Crippen molar-refractivity contribution in [1.82, 2.24) is 15.1 Å². The molecule has 0 atom stereocenters. The van der Waals surface area contributed by atoms with Gasteiger partial charge in [0.2, 0.25) is 0 Å². The van der Waals surface area contributed by atoms with Crippen LogP contribution in [0.5, 0.6) is 0 Å². The smallest absolute Gasteiger partial charge is 0.270 e. The van der Waals surface area contributed by atoms with Crippen LogP contribution in [0.4, 0.5) is 0 Å². The number of hydrogen-bond acceptors (Lipinski definition) is 2. The van der Waals surface area contributed by atoms with E-state index in [0.29, 0.717) is 12.2 Å². The Morgan fingerprint density at radius 1 is 1.00 bits per heavy atom. The van der Waals surface area contributed by atoms with Crippen LogP contribution >= 0.6 is 0 Å². The number of nitrogens with zero attached hydrogens (tertiary/aromatic N) is 2. The van der Waals surface area contributed by atoms with E-state index < -0.39 is 0 Å². The molecule has 0 aliphatic heterocycles. The summed E-state index contributed by atoms with van der Waals surface area (Å²) in [6.07, 6.45) is 4.54. The third-order valence-corrected chi connectivity index (χ3v) is 4.61. The molecule has 0 saturated carbocycles. The van der Waals surface area contributed by atoms with E-state index in [0.717, 1.165) is 29.8 Å². The molecule has 4 heteroatoms. The van der Waals surface area contributed by atoms with Crippen LogP contribution in [-0.4, -0.2) is 22.2 Å². The summed E-state index contributed by atoms with van der Waals surface area (Å²) >= 11 is 0. The molecular formula is C23H27N3O. The standard InChI is InChI=1S/C23H27N3O/c1-3-4-5-9-16-24-23(27)22-17-21(19-10-7-6-8-11-19)25-26(22)20-14-12-18(2)13-15-20/h6-8,10-15,17H,3-5,9,16H2,1-2H3,(H,24,27). The molecule has 2 aromatic carbocycles. The van der Waals surface area contributed by atoms with E-state index in [1.54, 1.807) is 4.68 Å². The molecule has 140 valence electrons. The van der Waals surface area contributed by atoms with Crippen molar-refractivity contribution in [3.05, 3.63) is 71.9 Å². The third-order valence-electron chi connectivity index (χ3n) is 4.61. The summed E-state index contributed by atoms with van der Waals surface area (Å²) in [5.74, 6) is -0.0817. The van der Waals surface area contributed by atoms with Crippen molar-refractivity contribution in [1.29, 1.82) is 0 Å². The first-order valence-electron chi connectivity index (χ1n) is 9.70. The third kappa shape index (κ3) is 4.85. The number of aromatic nitrogens is 2. The molecule has 3 aromatic rings. The number of amides is 1. The predicted molar refractivity (Wildman–Crippen MR) is 110 cm³/mol. The van der Waals surface area contributed by atoms with Crippen molar-refractivity contribution in [3.8, 4) is 16.9 Å². The molecule has 27 heavy (non-hydrogen) atoms. The molecule has 0 bridgehead atoms. The van der Waals surface area contributed by atoms with Gasteiger partial charge in [-0.15, -0.1) is 0 Å². The molecule has 0 fully saturated rings. The van der Waals surface area contributed by atoms with Crippen LogP contribution in [0.25, 0.3) is 16.9 Å². The van der Waals surface area contributed by atoms with Gasteiger partial charge >= 0.3 is 0 Å². The first kappa shape index (κ1) is 18.9. The second-order valence-corrected chi connectivity index (χ2v) is 6.84. The summed E-state index contributed by atoms with van der Waals surface area (Å²) in [4.78, 5) is 12.8. The Hall–Kier alpha value is -2.88. The van der Waals surface area contributed by atoms with Crippen molar-refractivity contribution in [3.63, 3.8) is 0 Å². The second kappa shape index (κ2) is 9.17. The molecule has 0 unspecified atom stereocenters. The van der Waals surface area contributed by atoms with Gasteiger partial charge < -0.3 is 5.32 Å². The maximum atomic E-state index is 12.8. The van der Waals surface area contributed by atoms with Crippen molar-refractivity contribution in [2.24, 2.45) is 0 Å². The van der Waals surface area contributed by atoms with Crippen LogP contribution in [0.1, 0.15) is 48.7 Å². The van der Waals surface area contributed by atoms with Crippen LogP contribution in [0.2, 0.25) is 0 Å². The van der Waals surface area contributed by atoms with E-state index in [4.69, 9.17) is 5.10 Å². The summed E-state index contributed by atoms with van der Waals surface area (Å²) in [5, 5.41) is 7.76. The van der Waals surface area contributed by atoms with Gasteiger partial charge in [0, 0.05) is 12.1 Å². The van der Waals surface area contributed by atoms with Crippen molar-refractivity contribution in [2.45, 2.75) is 39.5 Å². The SMILES string of the molecule is CCCCCCNC(=O)c1cc(-c2ccccc2)nn1-c1ccc(C)cc1. The topological polar surface area (TPSA) is 46.9 Å². The molecule has 1 N–H and O–H groups in total. The van der Waals surface area contributed by atoms with Gasteiger partial charge in [0.25, 0.3) is 5.91 Å². The van der Waals surface area contributed by atoms with Gasteiger partial charge in [-0.1, -0.05) is 74.2 Å². The first-order chi connectivity index (χ1) is 13.2. The lowest BCUT2D eigenvalue weighted by Gasteiger charge is -2.08. The van der Waals surface area contributed by atoms with E-state index in [-0.39, 0.29) is 5.91 Å². The molecular weight excluding hydrogens is 334 g/mol. The molecule has 1 heterocycles. The first-order valence-corrected chi connectivity index (χ1v) is 9.70. The van der Waals surface area contributed by atoms with Crippen LogP contribution in [0, 0.1) is 6.92 Å². The summed E-state index contributed by atoms with van der Waals surface area (Å²) in [5.41, 5.74) is 4.43. The summed E-state index contributed by atoms with van der Waals surface area (Å²) in [6.45, 7) is 4.93. The zero-order chi connectivity index (χ0) is 19.1.